The number of fused-ring (bicyclic) bond motifs is 6. The van der Waals surface area contributed by atoms with Crippen LogP contribution in [0.15, 0.2) is 198 Å². The fourth-order valence-electron chi connectivity index (χ4n) is 7.56. The Balaban J connectivity index is 1.12. The SMILES string of the molecule is [2H]c1cc([2H])c2c(c1[2H])c1c([2H])c([2H])cc([2H])c1n2-c1cc(-c2ccccc2)cc(-c2ccc3c(c2)oc2c(-c4nc(-c5ccccc5)nc(-c5ccccc5)n4)cccc23)c1. The van der Waals surface area contributed by atoms with Crippen LogP contribution in [-0.2, 0) is 0 Å². The van der Waals surface area contributed by atoms with Crippen LogP contribution in [0.3, 0.4) is 0 Å². The number of para-hydroxylation sites is 3. The summed E-state index contributed by atoms with van der Waals surface area (Å²) in [5.74, 6) is 1.59. The zero-order valence-corrected chi connectivity index (χ0v) is 29.7. The predicted octanol–water partition coefficient (Wildman–Crippen LogP) is 13.2. The third kappa shape index (κ3) is 5.37. The molecule has 11 aromatic rings. The van der Waals surface area contributed by atoms with Gasteiger partial charge in [0.15, 0.2) is 17.5 Å². The zero-order valence-electron chi connectivity index (χ0n) is 35.7. The van der Waals surface area contributed by atoms with Crippen molar-refractivity contribution in [2.24, 2.45) is 0 Å². The van der Waals surface area contributed by atoms with Crippen LogP contribution in [0.25, 0.3) is 106 Å². The van der Waals surface area contributed by atoms with Crippen LogP contribution in [0.1, 0.15) is 8.22 Å². The molecule has 0 N–H and O–H groups in total. The Hall–Kier alpha value is -7.63. The van der Waals surface area contributed by atoms with Crippen LogP contribution in [0.4, 0.5) is 0 Å². The molecule has 0 saturated heterocycles. The lowest BCUT2D eigenvalue weighted by Gasteiger charge is -2.14. The number of furan rings is 1. The van der Waals surface area contributed by atoms with E-state index < -0.39 is 0 Å². The molecule has 0 aliphatic heterocycles. The molecular formula is C51H32N4O. The standard InChI is InChI=1S/C51H32N4O/c1-4-15-33(16-5-1)37-29-38(31-39(30-37)55-45-25-12-10-21-40(45)41-22-11-13-26-46(41)55)36-27-28-42-43-23-14-24-44(48(43)56-47(42)32-36)51-53-49(34-17-6-2-7-18-34)52-50(54-51)35-19-8-3-9-20-35/h1-32H/i10D,11D,21D,22D,25D,26D. The largest absolute Gasteiger partial charge is 0.455 e. The van der Waals surface area contributed by atoms with Crippen molar-refractivity contribution in [3.05, 3.63) is 194 Å². The Bertz CT molecular complexity index is 3460. The van der Waals surface area contributed by atoms with E-state index in [1.54, 1.807) is 4.57 Å². The Morgan fingerprint density at radius 1 is 0.411 bits per heavy atom. The van der Waals surface area contributed by atoms with Crippen LogP contribution in [0.2, 0.25) is 0 Å². The van der Waals surface area contributed by atoms with Gasteiger partial charge < -0.3 is 8.98 Å². The number of hydrogen-bond acceptors (Lipinski definition) is 4. The Morgan fingerprint density at radius 3 is 1.61 bits per heavy atom. The van der Waals surface area contributed by atoms with E-state index in [0.717, 1.165) is 49.7 Å². The van der Waals surface area contributed by atoms with Gasteiger partial charge in [-0.15, -0.1) is 0 Å². The molecule has 0 spiro atoms. The molecule has 262 valence electrons. The van der Waals surface area contributed by atoms with Gasteiger partial charge in [0.1, 0.15) is 11.2 Å². The zero-order chi connectivity index (χ0) is 42.2. The van der Waals surface area contributed by atoms with Crippen LogP contribution in [0.5, 0.6) is 0 Å². The highest BCUT2D eigenvalue weighted by Crippen LogP contribution is 2.40. The molecule has 3 aromatic heterocycles. The third-order valence-corrected chi connectivity index (χ3v) is 10.2. The summed E-state index contributed by atoms with van der Waals surface area (Å²) in [6.07, 6.45) is 0. The van der Waals surface area contributed by atoms with E-state index in [1.165, 1.54) is 12.1 Å². The minimum absolute atomic E-state index is 0.0151. The van der Waals surface area contributed by atoms with Crippen molar-refractivity contribution in [3.8, 4) is 62.1 Å². The summed E-state index contributed by atoms with van der Waals surface area (Å²) in [5, 5.41) is 2.23. The highest BCUT2D eigenvalue weighted by molar-refractivity contribution is 6.11. The number of benzene rings is 8. The van der Waals surface area contributed by atoms with E-state index in [1.807, 2.05) is 140 Å². The summed E-state index contributed by atoms with van der Waals surface area (Å²) in [4.78, 5) is 14.8. The van der Waals surface area contributed by atoms with Gasteiger partial charge in [-0.2, -0.15) is 0 Å². The van der Waals surface area contributed by atoms with Crippen molar-refractivity contribution < 1.29 is 12.6 Å². The lowest BCUT2D eigenvalue weighted by molar-refractivity contribution is 0.669. The molecule has 0 atom stereocenters. The Kier molecular flexibility index (Phi) is 6.10. The van der Waals surface area contributed by atoms with Crippen LogP contribution in [-0.4, -0.2) is 19.5 Å². The molecule has 8 aromatic carbocycles. The lowest BCUT2D eigenvalue weighted by atomic mass is 9.97. The summed E-state index contributed by atoms with van der Waals surface area (Å²) < 4.78 is 61.4. The van der Waals surface area contributed by atoms with Crippen LogP contribution in [0, 0.1) is 0 Å². The van der Waals surface area contributed by atoms with E-state index >= 15 is 0 Å². The van der Waals surface area contributed by atoms with Gasteiger partial charge in [0.25, 0.3) is 0 Å². The molecule has 3 heterocycles. The first-order chi connectivity index (χ1) is 30.2. The van der Waals surface area contributed by atoms with Gasteiger partial charge in [0, 0.05) is 38.4 Å². The first kappa shape index (κ1) is 26.2. The van der Waals surface area contributed by atoms with Gasteiger partial charge in [0.2, 0.25) is 0 Å². The van der Waals surface area contributed by atoms with Gasteiger partial charge in [0.05, 0.1) is 24.8 Å². The minimum atomic E-state index is -0.160. The molecule has 0 radical (unpaired) electrons. The van der Waals surface area contributed by atoms with Crippen molar-refractivity contribution in [2.75, 3.05) is 0 Å². The highest BCUT2D eigenvalue weighted by atomic mass is 16.3. The summed E-state index contributed by atoms with van der Waals surface area (Å²) in [6, 6.07) is 49.7. The van der Waals surface area contributed by atoms with Gasteiger partial charge in [-0.25, -0.2) is 15.0 Å². The quantitative estimate of drug-likeness (QED) is 0.171. The fraction of sp³-hybridized carbons (Fsp3) is 0. The smallest absolute Gasteiger partial charge is 0.167 e. The van der Waals surface area contributed by atoms with Crippen molar-refractivity contribution in [1.29, 1.82) is 0 Å². The maximum atomic E-state index is 9.07. The molecule has 0 bridgehead atoms. The van der Waals surface area contributed by atoms with Crippen LogP contribution < -0.4 is 0 Å². The molecule has 5 heteroatoms. The first-order valence-electron chi connectivity index (χ1n) is 21.3. The predicted molar refractivity (Wildman–Crippen MR) is 229 cm³/mol. The molecule has 56 heavy (non-hydrogen) atoms. The fourth-order valence-corrected chi connectivity index (χ4v) is 7.56. The molecule has 11 rings (SSSR count). The molecule has 0 aliphatic carbocycles. The van der Waals surface area contributed by atoms with E-state index in [2.05, 4.69) is 6.07 Å². The molecule has 5 nitrogen and oxygen atoms in total. The second-order valence-electron chi connectivity index (χ2n) is 13.6. The number of rotatable bonds is 6. The molecule has 0 saturated carbocycles. The second-order valence-corrected chi connectivity index (χ2v) is 13.6. The van der Waals surface area contributed by atoms with Gasteiger partial charge in [-0.05, 0) is 70.7 Å². The van der Waals surface area contributed by atoms with Crippen molar-refractivity contribution in [2.45, 2.75) is 0 Å². The summed E-state index contributed by atoms with van der Waals surface area (Å²) in [6.45, 7) is 0. The van der Waals surface area contributed by atoms with Crippen molar-refractivity contribution in [1.82, 2.24) is 19.5 Å². The van der Waals surface area contributed by atoms with E-state index in [9.17, 15) is 0 Å². The van der Waals surface area contributed by atoms with E-state index in [4.69, 9.17) is 27.6 Å². The van der Waals surface area contributed by atoms with Crippen LogP contribution >= 0.6 is 0 Å². The van der Waals surface area contributed by atoms with E-state index in [-0.39, 0.29) is 47.0 Å². The topological polar surface area (TPSA) is 56.7 Å². The van der Waals surface area contributed by atoms with Crippen molar-refractivity contribution >= 4 is 43.7 Å². The Labute approximate surface area is 331 Å². The van der Waals surface area contributed by atoms with Gasteiger partial charge >= 0.3 is 0 Å². The summed E-state index contributed by atoms with van der Waals surface area (Å²) in [7, 11) is 0. The molecule has 0 aliphatic rings. The summed E-state index contributed by atoms with van der Waals surface area (Å²) in [5.41, 5.74) is 8.42. The minimum Gasteiger partial charge on any atom is -0.455 e. The number of aromatic nitrogens is 4. The second kappa shape index (κ2) is 13.0. The lowest BCUT2D eigenvalue weighted by Crippen LogP contribution is -2.00. The highest BCUT2D eigenvalue weighted by Gasteiger charge is 2.19. The monoisotopic (exact) mass is 722 g/mol. The van der Waals surface area contributed by atoms with Crippen molar-refractivity contribution in [3.63, 3.8) is 0 Å². The average molecular weight is 723 g/mol. The van der Waals surface area contributed by atoms with Gasteiger partial charge in [-0.3, -0.25) is 0 Å². The van der Waals surface area contributed by atoms with Gasteiger partial charge in [-0.1, -0.05) is 145 Å². The molecule has 0 fully saturated rings. The maximum absolute atomic E-state index is 9.07. The molecule has 0 amide bonds. The third-order valence-electron chi connectivity index (χ3n) is 10.2. The molecular weight excluding hydrogens is 685 g/mol. The molecule has 0 unspecified atom stereocenters. The first-order valence-corrected chi connectivity index (χ1v) is 18.3. The average Bonchev–Trinajstić information content (AvgIpc) is 3.88. The number of hydrogen-bond donors (Lipinski definition) is 0. The summed E-state index contributed by atoms with van der Waals surface area (Å²) >= 11 is 0. The normalized spacial score (nSPS) is 13.1. The number of nitrogens with zero attached hydrogens (tertiary/aromatic N) is 4. The maximum Gasteiger partial charge on any atom is 0.167 e. The van der Waals surface area contributed by atoms with E-state index in [0.29, 0.717) is 45.4 Å². The Morgan fingerprint density at radius 2 is 0.982 bits per heavy atom.